The highest BCUT2D eigenvalue weighted by Gasteiger charge is 2.34. The maximum atomic E-state index is 13.9. The number of hydrogen-bond acceptors (Lipinski definition) is 5. The summed E-state index contributed by atoms with van der Waals surface area (Å²) in [5.74, 6) is 0.180. The maximum absolute atomic E-state index is 13.9. The zero-order chi connectivity index (χ0) is 20.8. The van der Waals surface area contributed by atoms with Crippen LogP contribution in [0.15, 0.2) is 24.5 Å². The fraction of sp³-hybridized carbons (Fsp3) is 0.571. The highest BCUT2D eigenvalue weighted by atomic mass is 19.1. The zero-order valence-corrected chi connectivity index (χ0v) is 17.1. The Morgan fingerprint density at radius 1 is 1.17 bits per heavy atom. The molecule has 1 saturated heterocycles. The molecule has 2 atom stereocenters. The molecule has 1 aliphatic rings. The fourth-order valence-corrected chi connectivity index (χ4v) is 3.78. The second-order valence-corrected chi connectivity index (χ2v) is 7.88. The summed E-state index contributed by atoms with van der Waals surface area (Å²) in [4.78, 5) is 29.4. The minimum atomic E-state index is -0.431. The predicted octanol–water partition coefficient (Wildman–Crippen LogP) is 3.43. The van der Waals surface area contributed by atoms with Crippen LogP contribution >= 0.6 is 0 Å². The molecule has 0 saturated carbocycles. The molecule has 0 unspecified atom stereocenters. The Bertz CT molecular complexity index is 853. The monoisotopic (exact) mass is 401 g/mol. The summed E-state index contributed by atoms with van der Waals surface area (Å²) in [6.45, 7) is 4.96. The van der Waals surface area contributed by atoms with E-state index < -0.39 is 5.82 Å². The van der Waals surface area contributed by atoms with Crippen LogP contribution in [0, 0.1) is 11.7 Å². The van der Waals surface area contributed by atoms with Gasteiger partial charge in [0.1, 0.15) is 17.2 Å². The smallest absolute Gasteiger partial charge is 0.222 e. The van der Waals surface area contributed by atoms with Crippen molar-refractivity contribution in [3.63, 3.8) is 0 Å². The third-order valence-electron chi connectivity index (χ3n) is 5.45. The molecule has 0 radical (unpaired) electrons. The first-order chi connectivity index (χ1) is 14.0. The molecule has 1 fully saturated rings. The van der Waals surface area contributed by atoms with Crippen molar-refractivity contribution in [2.24, 2.45) is 5.92 Å². The molecule has 3 heterocycles. The first-order valence-corrected chi connectivity index (χ1v) is 10.3. The van der Waals surface area contributed by atoms with Crippen LogP contribution in [0.5, 0.6) is 0 Å². The van der Waals surface area contributed by atoms with Crippen molar-refractivity contribution in [2.45, 2.75) is 58.4 Å². The molecule has 2 aromatic rings. The molecule has 0 N–H and O–H groups in total. The van der Waals surface area contributed by atoms with Crippen LogP contribution in [0.3, 0.4) is 0 Å². The molecular weight excluding hydrogens is 373 g/mol. The van der Waals surface area contributed by atoms with Gasteiger partial charge in [-0.15, -0.1) is 5.10 Å². The van der Waals surface area contributed by atoms with Crippen LogP contribution in [-0.4, -0.2) is 49.7 Å². The van der Waals surface area contributed by atoms with Crippen molar-refractivity contribution < 1.29 is 14.0 Å². The number of hydrogen-bond donors (Lipinski definition) is 0. The topological polar surface area (TPSA) is 81.0 Å². The van der Waals surface area contributed by atoms with Gasteiger partial charge in [-0.25, -0.2) is 9.07 Å². The summed E-state index contributed by atoms with van der Waals surface area (Å²) in [6.07, 6.45) is 8.08. The van der Waals surface area contributed by atoms with Crippen molar-refractivity contribution in [3.8, 4) is 11.4 Å². The molecule has 1 aliphatic heterocycles. The number of unbranched alkanes of at least 4 members (excludes halogenated alkanes) is 3. The molecule has 156 valence electrons. The van der Waals surface area contributed by atoms with E-state index in [0.717, 1.165) is 25.7 Å². The molecule has 29 heavy (non-hydrogen) atoms. The van der Waals surface area contributed by atoms with E-state index in [9.17, 15) is 14.0 Å². The van der Waals surface area contributed by atoms with Gasteiger partial charge < -0.3 is 9.69 Å². The average molecular weight is 401 g/mol. The van der Waals surface area contributed by atoms with Crippen LogP contribution in [0.2, 0.25) is 0 Å². The van der Waals surface area contributed by atoms with E-state index in [0.29, 0.717) is 31.6 Å². The summed E-state index contributed by atoms with van der Waals surface area (Å²) >= 11 is 0. The molecule has 2 aromatic heterocycles. The molecule has 0 bridgehead atoms. The van der Waals surface area contributed by atoms with Crippen LogP contribution in [-0.2, 0) is 9.59 Å². The number of amides is 1. The Hall–Kier alpha value is -2.64. The summed E-state index contributed by atoms with van der Waals surface area (Å²) in [5, 5.41) is 8.23. The van der Waals surface area contributed by atoms with E-state index in [2.05, 4.69) is 22.2 Å². The van der Waals surface area contributed by atoms with E-state index in [1.54, 1.807) is 17.8 Å². The van der Waals surface area contributed by atoms with Gasteiger partial charge in [0.2, 0.25) is 5.91 Å². The van der Waals surface area contributed by atoms with E-state index in [1.165, 1.54) is 18.3 Å². The number of carbonyl (C=O) groups is 2. The number of nitrogens with zero attached hydrogens (tertiary/aromatic N) is 5. The largest absolute Gasteiger partial charge is 0.340 e. The van der Waals surface area contributed by atoms with Gasteiger partial charge in [0, 0.05) is 32.1 Å². The minimum Gasteiger partial charge on any atom is -0.340 e. The Labute approximate surface area is 170 Å². The number of Topliss-reactive ketones (excluding diaryl/α,β-unsaturated/α-hetero) is 1. The molecule has 1 amide bonds. The van der Waals surface area contributed by atoms with Crippen molar-refractivity contribution in [1.82, 2.24) is 24.9 Å². The molecule has 7 nitrogen and oxygen atoms in total. The lowest BCUT2D eigenvalue weighted by atomic mass is 10.1. The molecule has 0 aliphatic carbocycles. The van der Waals surface area contributed by atoms with Crippen molar-refractivity contribution in [2.75, 3.05) is 13.1 Å². The third-order valence-corrected chi connectivity index (χ3v) is 5.45. The standard InChI is InChI=1S/C21H28FN5O2/c1-15-12-26(20(29)10-6-4-3-5-8-16(2)28)14-19(15)27-13-18(24-25-27)21-17(22)9-7-11-23-21/h7,9,11,13,15,19H,3-6,8,10,12,14H2,1-2H3/t15-,19-/m1/s1. The summed E-state index contributed by atoms with van der Waals surface area (Å²) in [6, 6.07) is 2.90. The number of ketones is 1. The minimum absolute atomic E-state index is 0.0162. The third kappa shape index (κ3) is 5.46. The van der Waals surface area contributed by atoms with Gasteiger partial charge in [-0.2, -0.15) is 0 Å². The van der Waals surface area contributed by atoms with Crippen LogP contribution in [0.1, 0.15) is 58.4 Å². The number of pyridine rings is 1. The van der Waals surface area contributed by atoms with Gasteiger partial charge >= 0.3 is 0 Å². The summed E-state index contributed by atoms with van der Waals surface area (Å²) < 4.78 is 15.7. The molecular formula is C21H28FN5O2. The highest BCUT2D eigenvalue weighted by molar-refractivity contribution is 5.76. The van der Waals surface area contributed by atoms with E-state index in [-0.39, 0.29) is 29.3 Å². The van der Waals surface area contributed by atoms with Gasteiger partial charge in [0.05, 0.1) is 12.2 Å². The molecule has 3 rings (SSSR count). The van der Waals surface area contributed by atoms with E-state index in [4.69, 9.17) is 0 Å². The summed E-state index contributed by atoms with van der Waals surface area (Å²) in [5.41, 5.74) is 0.577. The van der Waals surface area contributed by atoms with Crippen LogP contribution in [0.25, 0.3) is 11.4 Å². The van der Waals surface area contributed by atoms with Crippen molar-refractivity contribution in [3.05, 3.63) is 30.3 Å². The van der Waals surface area contributed by atoms with Crippen molar-refractivity contribution >= 4 is 11.7 Å². The number of carbonyl (C=O) groups excluding carboxylic acids is 2. The van der Waals surface area contributed by atoms with Crippen LogP contribution in [0.4, 0.5) is 4.39 Å². The van der Waals surface area contributed by atoms with E-state index in [1.807, 2.05) is 4.90 Å². The van der Waals surface area contributed by atoms with Gasteiger partial charge in [-0.05, 0) is 37.8 Å². The van der Waals surface area contributed by atoms with Gasteiger partial charge in [-0.3, -0.25) is 9.78 Å². The highest BCUT2D eigenvalue weighted by Crippen LogP contribution is 2.29. The first-order valence-electron chi connectivity index (χ1n) is 10.3. The quantitative estimate of drug-likeness (QED) is 0.602. The van der Waals surface area contributed by atoms with Gasteiger partial charge in [0.25, 0.3) is 0 Å². The molecule has 0 spiro atoms. The van der Waals surface area contributed by atoms with E-state index >= 15 is 0 Å². The van der Waals surface area contributed by atoms with Gasteiger partial charge in [-0.1, -0.05) is 25.0 Å². The Morgan fingerprint density at radius 3 is 2.66 bits per heavy atom. The lowest BCUT2D eigenvalue weighted by Gasteiger charge is -2.16. The number of likely N-dealkylation sites (tertiary alicyclic amines) is 1. The molecule has 0 aromatic carbocycles. The number of halogens is 1. The Balaban J connectivity index is 1.51. The first kappa shape index (κ1) is 21.1. The van der Waals surface area contributed by atoms with Gasteiger partial charge in [0.15, 0.2) is 5.82 Å². The summed E-state index contributed by atoms with van der Waals surface area (Å²) in [7, 11) is 0. The normalized spacial score (nSPS) is 18.9. The average Bonchev–Trinajstić information content (AvgIpc) is 3.31. The molecule has 8 heteroatoms. The number of aromatic nitrogens is 4. The predicted molar refractivity (Wildman–Crippen MR) is 106 cm³/mol. The lowest BCUT2D eigenvalue weighted by molar-refractivity contribution is -0.130. The Kier molecular flexibility index (Phi) is 7.06. The van der Waals surface area contributed by atoms with Crippen LogP contribution < -0.4 is 0 Å². The zero-order valence-electron chi connectivity index (χ0n) is 17.1. The Morgan fingerprint density at radius 2 is 1.93 bits per heavy atom. The second kappa shape index (κ2) is 9.71. The SMILES string of the molecule is CC(=O)CCCCCCC(=O)N1C[C@@H](C)[C@H](n2cc(-c3ncccc3F)nn2)C1. The van der Waals surface area contributed by atoms with Crippen molar-refractivity contribution in [1.29, 1.82) is 0 Å². The lowest BCUT2D eigenvalue weighted by Crippen LogP contribution is -2.29. The fourth-order valence-electron chi connectivity index (χ4n) is 3.78. The number of rotatable bonds is 9. The maximum Gasteiger partial charge on any atom is 0.222 e. The second-order valence-electron chi connectivity index (χ2n) is 7.88.